The SMILES string of the molecule is Cn1cc(C(=O)Cc2cc(F)ccc2Cl)cn1. The maximum absolute atomic E-state index is 13.0. The van der Waals surface area contributed by atoms with E-state index in [-0.39, 0.29) is 12.2 Å². The number of halogens is 2. The fourth-order valence-corrected chi connectivity index (χ4v) is 1.70. The van der Waals surface area contributed by atoms with Gasteiger partial charge in [-0.1, -0.05) is 11.6 Å². The predicted molar refractivity (Wildman–Crippen MR) is 62.7 cm³/mol. The molecule has 0 aliphatic heterocycles. The lowest BCUT2D eigenvalue weighted by molar-refractivity contribution is 0.0993. The van der Waals surface area contributed by atoms with Crippen molar-refractivity contribution in [3.05, 3.63) is 52.6 Å². The minimum Gasteiger partial charge on any atom is -0.294 e. The number of aromatic nitrogens is 2. The Morgan fingerprint density at radius 3 is 2.94 bits per heavy atom. The molecule has 0 bridgehead atoms. The summed E-state index contributed by atoms with van der Waals surface area (Å²) in [5, 5.41) is 4.30. The molecule has 0 amide bonds. The van der Waals surface area contributed by atoms with Crippen LogP contribution < -0.4 is 0 Å². The molecule has 0 radical (unpaired) electrons. The highest BCUT2D eigenvalue weighted by molar-refractivity contribution is 6.31. The van der Waals surface area contributed by atoms with Crippen LogP contribution in [0.3, 0.4) is 0 Å². The number of hydrogen-bond donors (Lipinski definition) is 0. The Morgan fingerprint density at radius 1 is 1.53 bits per heavy atom. The fourth-order valence-electron chi connectivity index (χ4n) is 1.52. The van der Waals surface area contributed by atoms with Gasteiger partial charge in [0.05, 0.1) is 11.8 Å². The Bertz CT molecular complexity index is 565. The van der Waals surface area contributed by atoms with Crippen molar-refractivity contribution < 1.29 is 9.18 Å². The molecule has 0 atom stereocenters. The van der Waals surface area contributed by atoms with Crippen molar-refractivity contribution >= 4 is 17.4 Å². The molecule has 3 nitrogen and oxygen atoms in total. The number of carbonyl (C=O) groups excluding carboxylic acids is 1. The van der Waals surface area contributed by atoms with Gasteiger partial charge in [0.2, 0.25) is 0 Å². The molecule has 0 unspecified atom stereocenters. The van der Waals surface area contributed by atoms with E-state index in [0.29, 0.717) is 16.1 Å². The summed E-state index contributed by atoms with van der Waals surface area (Å²) in [6, 6.07) is 3.99. The first-order valence-electron chi connectivity index (χ1n) is 5.02. The monoisotopic (exact) mass is 252 g/mol. The topological polar surface area (TPSA) is 34.9 Å². The van der Waals surface area contributed by atoms with Crippen molar-refractivity contribution in [1.29, 1.82) is 0 Å². The highest BCUT2D eigenvalue weighted by atomic mass is 35.5. The fraction of sp³-hybridized carbons (Fsp3) is 0.167. The van der Waals surface area contributed by atoms with Crippen LogP contribution in [0.5, 0.6) is 0 Å². The zero-order chi connectivity index (χ0) is 12.4. The molecule has 0 fully saturated rings. The van der Waals surface area contributed by atoms with Crippen molar-refractivity contribution in [2.45, 2.75) is 6.42 Å². The van der Waals surface area contributed by atoms with Gasteiger partial charge in [0, 0.05) is 24.7 Å². The third kappa shape index (κ3) is 2.71. The summed E-state index contributed by atoms with van der Waals surface area (Å²) in [7, 11) is 1.73. The summed E-state index contributed by atoms with van der Waals surface area (Å²) in [4.78, 5) is 11.9. The van der Waals surface area contributed by atoms with Crippen molar-refractivity contribution in [2.24, 2.45) is 7.05 Å². The molecule has 1 aromatic heterocycles. The lowest BCUT2D eigenvalue weighted by Crippen LogP contribution is -2.03. The summed E-state index contributed by atoms with van der Waals surface area (Å²) in [6.07, 6.45) is 3.17. The summed E-state index contributed by atoms with van der Waals surface area (Å²) >= 11 is 5.89. The number of benzene rings is 1. The molecule has 0 spiro atoms. The van der Waals surface area contributed by atoms with Gasteiger partial charge in [-0.3, -0.25) is 9.48 Å². The molecule has 88 valence electrons. The highest BCUT2D eigenvalue weighted by Gasteiger charge is 2.11. The van der Waals surface area contributed by atoms with Gasteiger partial charge in [-0.15, -0.1) is 0 Å². The number of ketones is 1. The first-order valence-corrected chi connectivity index (χ1v) is 5.40. The van der Waals surface area contributed by atoms with E-state index in [2.05, 4.69) is 5.10 Å². The molecule has 17 heavy (non-hydrogen) atoms. The average Bonchev–Trinajstić information content (AvgIpc) is 2.70. The second-order valence-corrected chi connectivity index (χ2v) is 4.15. The second kappa shape index (κ2) is 4.67. The van der Waals surface area contributed by atoms with Crippen LogP contribution in [0.4, 0.5) is 4.39 Å². The Kier molecular flexibility index (Phi) is 3.24. The molecule has 1 aromatic carbocycles. The molecule has 2 aromatic rings. The molecule has 5 heteroatoms. The van der Waals surface area contributed by atoms with Gasteiger partial charge in [-0.25, -0.2) is 4.39 Å². The van der Waals surface area contributed by atoms with Crippen LogP contribution >= 0.6 is 11.6 Å². The van der Waals surface area contributed by atoms with E-state index in [0.717, 1.165) is 0 Å². The van der Waals surface area contributed by atoms with Gasteiger partial charge in [-0.05, 0) is 23.8 Å². The number of rotatable bonds is 3. The Labute approximate surface area is 103 Å². The van der Waals surface area contributed by atoms with E-state index >= 15 is 0 Å². The largest absolute Gasteiger partial charge is 0.294 e. The van der Waals surface area contributed by atoms with E-state index < -0.39 is 5.82 Å². The Morgan fingerprint density at radius 2 is 2.29 bits per heavy atom. The maximum atomic E-state index is 13.0. The third-order valence-corrected chi connectivity index (χ3v) is 2.75. The number of Topliss-reactive ketones (excluding diaryl/α,β-unsaturated/α-hetero) is 1. The smallest absolute Gasteiger partial charge is 0.170 e. The lowest BCUT2D eigenvalue weighted by Gasteiger charge is -2.02. The maximum Gasteiger partial charge on any atom is 0.170 e. The molecule has 0 aliphatic carbocycles. The van der Waals surface area contributed by atoms with Crippen molar-refractivity contribution in [2.75, 3.05) is 0 Å². The number of nitrogens with zero attached hydrogens (tertiary/aromatic N) is 2. The van der Waals surface area contributed by atoms with Crippen molar-refractivity contribution in [3.8, 4) is 0 Å². The standard InChI is InChI=1S/C12H10ClFN2O/c1-16-7-9(6-15-16)12(17)5-8-4-10(14)2-3-11(8)13/h2-4,6-7H,5H2,1H3. The summed E-state index contributed by atoms with van der Waals surface area (Å²) < 4.78 is 14.6. The molecule has 0 aliphatic rings. The van der Waals surface area contributed by atoms with E-state index in [1.807, 2.05) is 0 Å². The number of aryl methyl sites for hydroxylation is 1. The van der Waals surface area contributed by atoms with Crippen LogP contribution in [0.2, 0.25) is 5.02 Å². The van der Waals surface area contributed by atoms with Gasteiger partial charge >= 0.3 is 0 Å². The quantitative estimate of drug-likeness (QED) is 0.787. The summed E-state index contributed by atoms with van der Waals surface area (Å²) in [5.41, 5.74) is 0.980. The van der Waals surface area contributed by atoms with Gasteiger partial charge in [0.15, 0.2) is 5.78 Å². The molecule has 0 saturated heterocycles. The molecule has 2 rings (SSSR count). The summed E-state index contributed by atoms with van der Waals surface area (Å²) in [5.74, 6) is -0.533. The molecule has 1 heterocycles. The molecule has 0 N–H and O–H groups in total. The zero-order valence-electron chi connectivity index (χ0n) is 9.15. The highest BCUT2D eigenvalue weighted by Crippen LogP contribution is 2.19. The van der Waals surface area contributed by atoms with Gasteiger partial charge in [0.25, 0.3) is 0 Å². The molecular weight excluding hydrogens is 243 g/mol. The van der Waals surface area contributed by atoms with E-state index in [9.17, 15) is 9.18 Å². The van der Waals surface area contributed by atoms with Crippen molar-refractivity contribution in [3.63, 3.8) is 0 Å². The van der Waals surface area contributed by atoms with Gasteiger partial charge in [0.1, 0.15) is 5.82 Å². The first kappa shape index (κ1) is 11.8. The van der Waals surface area contributed by atoms with Crippen LogP contribution in [0.15, 0.2) is 30.6 Å². The molecule has 0 saturated carbocycles. The Balaban J connectivity index is 2.21. The predicted octanol–water partition coefficient (Wildman–Crippen LogP) is 2.64. The van der Waals surface area contributed by atoms with E-state index in [4.69, 9.17) is 11.6 Å². The van der Waals surface area contributed by atoms with Crippen LogP contribution in [0.1, 0.15) is 15.9 Å². The third-order valence-electron chi connectivity index (χ3n) is 2.39. The summed E-state index contributed by atoms with van der Waals surface area (Å²) in [6.45, 7) is 0. The lowest BCUT2D eigenvalue weighted by atomic mass is 10.1. The van der Waals surface area contributed by atoms with E-state index in [1.54, 1.807) is 17.9 Å². The normalized spacial score (nSPS) is 10.5. The second-order valence-electron chi connectivity index (χ2n) is 3.74. The van der Waals surface area contributed by atoms with Crippen LogP contribution in [-0.2, 0) is 13.5 Å². The van der Waals surface area contributed by atoms with Crippen LogP contribution in [-0.4, -0.2) is 15.6 Å². The van der Waals surface area contributed by atoms with Crippen LogP contribution in [0.25, 0.3) is 0 Å². The van der Waals surface area contributed by atoms with Gasteiger partial charge < -0.3 is 0 Å². The first-order chi connectivity index (χ1) is 8.06. The average molecular weight is 253 g/mol. The number of hydrogen-bond acceptors (Lipinski definition) is 2. The van der Waals surface area contributed by atoms with Crippen molar-refractivity contribution in [1.82, 2.24) is 9.78 Å². The molecular formula is C12H10ClFN2O. The van der Waals surface area contributed by atoms with Crippen LogP contribution in [0, 0.1) is 5.82 Å². The zero-order valence-corrected chi connectivity index (χ0v) is 9.91. The number of carbonyl (C=O) groups is 1. The minimum absolute atomic E-state index is 0.0717. The van der Waals surface area contributed by atoms with E-state index in [1.165, 1.54) is 24.4 Å². The van der Waals surface area contributed by atoms with Gasteiger partial charge in [-0.2, -0.15) is 5.10 Å². The minimum atomic E-state index is -0.400. The Hall–Kier alpha value is -1.68.